The molecule has 1 saturated heterocycles. The number of aromatic nitrogens is 2. The Morgan fingerprint density at radius 3 is 2.54 bits per heavy atom. The molecular weight excluding hydrogens is 482 g/mol. The Balaban J connectivity index is 1.15. The number of carbonyl (C=O) groups excluding carboxylic acids is 2. The van der Waals surface area contributed by atoms with Crippen LogP contribution in [0.15, 0.2) is 65.7 Å². The van der Waals surface area contributed by atoms with Crippen LogP contribution in [0.1, 0.15) is 49.4 Å². The molecule has 3 aromatic rings. The fourth-order valence-electron chi connectivity index (χ4n) is 4.84. The Morgan fingerprint density at radius 2 is 1.81 bits per heavy atom. The van der Waals surface area contributed by atoms with E-state index in [9.17, 15) is 9.59 Å². The van der Waals surface area contributed by atoms with Gasteiger partial charge >= 0.3 is 0 Å². The summed E-state index contributed by atoms with van der Waals surface area (Å²) in [4.78, 5) is 32.4. The minimum atomic E-state index is -0.383. The van der Waals surface area contributed by atoms with Gasteiger partial charge < -0.3 is 10.6 Å². The highest BCUT2D eigenvalue weighted by atomic mass is 32.2. The van der Waals surface area contributed by atoms with Crippen molar-refractivity contribution in [3.8, 4) is 11.1 Å². The number of benzene rings is 2. The SMILES string of the molecule is CCc1ccc(CN[C@H]2CC[C@H](Nc3nccc(/C=C4\SC(=O)NC4=O)n3)CC2)c(-c2ccccc2)c1. The van der Waals surface area contributed by atoms with Crippen LogP contribution in [0.25, 0.3) is 17.2 Å². The van der Waals surface area contributed by atoms with Crippen molar-refractivity contribution in [3.63, 3.8) is 0 Å². The molecule has 2 amide bonds. The van der Waals surface area contributed by atoms with Crippen LogP contribution in [0.5, 0.6) is 0 Å². The molecule has 5 rings (SSSR count). The lowest BCUT2D eigenvalue weighted by molar-refractivity contribution is -0.115. The molecule has 1 aliphatic heterocycles. The smallest absolute Gasteiger partial charge is 0.290 e. The molecule has 1 saturated carbocycles. The second kappa shape index (κ2) is 11.7. The van der Waals surface area contributed by atoms with Crippen LogP contribution in [0.3, 0.4) is 0 Å². The van der Waals surface area contributed by atoms with Gasteiger partial charge in [-0.3, -0.25) is 14.9 Å². The summed E-state index contributed by atoms with van der Waals surface area (Å²) < 4.78 is 0. The third-order valence-electron chi connectivity index (χ3n) is 6.91. The van der Waals surface area contributed by atoms with Gasteiger partial charge in [0.1, 0.15) is 0 Å². The van der Waals surface area contributed by atoms with Crippen molar-refractivity contribution >= 4 is 34.9 Å². The first-order valence-corrected chi connectivity index (χ1v) is 13.6. The number of aryl methyl sites for hydroxylation is 1. The largest absolute Gasteiger partial charge is 0.351 e. The van der Waals surface area contributed by atoms with Gasteiger partial charge in [-0.15, -0.1) is 0 Å². The molecule has 2 aromatic carbocycles. The summed E-state index contributed by atoms with van der Waals surface area (Å²) in [6.45, 7) is 3.05. The zero-order chi connectivity index (χ0) is 25.6. The first kappa shape index (κ1) is 25.2. The normalized spacial score (nSPS) is 20.7. The zero-order valence-corrected chi connectivity index (χ0v) is 21.7. The summed E-state index contributed by atoms with van der Waals surface area (Å²) in [6, 6.07) is 20.0. The molecule has 0 radical (unpaired) electrons. The Kier molecular flexibility index (Phi) is 7.96. The number of anilines is 1. The topological polar surface area (TPSA) is 96.0 Å². The second-order valence-electron chi connectivity index (χ2n) is 9.44. The monoisotopic (exact) mass is 513 g/mol. The summed E-state index contributed by atoms with van der Waals surface area (Å²) in [5.74, 6) is 0.162. The van der Waals surface area contributed by atoms with E-state index < -0.39 is 0 Å². The molecule has 2 aliphatic rings. The Hall–Kier alpha value is -3.49. The van der Waals surface area contributed by atoms with Crippen molar-refractivity contribution in [2.45, 2.75) is 57.7 Å². The van der Waals surface area contributed by atoms with Crippen molar-refractivity contribution in [1.82, 2.24) is 20.6 Å². The maximum Gasteiger partial charge on any atom is 0.290 e. The number of hydrogen-bond donors (Lipinski definition) is 3. The summed E-state index contributed by atoms with van der Waals surface area (Å²) in [7, 11) is 0. The molecule has 8 heteroatoms. The highest BCUT2D eigenvalue weighted by molar-refractivity contribution is 8.18. The van der Waals surface area contributed by atoms with Crippen LogP contribution < -0.4 is 16.0 Å². The van der Waals surface area contributed by atoms with E-state index in [0.29, 0.717) is 28.6 Å². The van der Waals surface area contributed by atoms with Crippen LogP contribution >= 0.6 is 11.8 Å². The van der Waals surface area contributed by atoms with Gasteiger partial charge in [-0.2, -0.15) is 0 Å². The summed E-state index contributed by atoms with van der Waals surface area (Å²) >= 11 is 0.888. The summed E-state index contributed by atoms with van der Waals surface area (Å²) in [6.07, 6.45) is 8.53. The van der Waals surface area contributed by atoms with Gasteiger partial charge in [0, 0.05) is 24.8 Å². The highest BCUT2D eigenvalue weighted by Crippen LogP contribution is 2.28. The maximum atomic E-state index is 11.8. The van der Waals surface area contributed by atoms with Gasteiger partial charge in [0.2, 0.25) is 5.95 Å². The van der Waals surface area contributed by atoms with Crippen molar-refractivity contribution in [3.05, 3.63) is 82.5 Å². The van der Waals surface area contributed by atoms with E-state index in [-0.39, 0.29) is 11.1 Å². The molecule has 1 aliphatic carbocycles. The molecule has 37 heavy (non-hydrogen) atoms. The molecule has 3 N–H and O–H groups in total. The number of thioether (sulfide) groups is 1. The quantitative estimate of drug-likeness (QED) is 0.340. The highest BCUT2D eigenvalue weighted by Gasteiger charge is 2.25. The average molecular weight is 514 g/mol. The number of nitrogens with one attached hydrogen (secondary N) is 3. The van der Waals surface area contributed by atoms with Gasteiger partial charge in [-0.25, -0.2) is 9.97 Å². The summed E-state index contributed by atoms with van der Waals surface area (Å²) in [5, 5.41) is 9.15. The lowest BCUT2D eigenvalue weighted by Crippen LogP contribution is -2.37. The molecule has 0 atom stereocenters. The van der Waals surface area contributed by atoms with E-state index >= 15 is 0 Å². The van der Waals surface area contributed by atoms with Gasteiger partial charge in [-0.05, 0) is 78.3 Å². The molecule has 1 aromatic heterocycles. The number of amides is 2. The number of rotatable bonds is 8. The second-order valence-corrected chi connectivity index (χ2v) is 10.5. The van der Waals surface area contributed by atoms with E-state index in [4.69, 9.17) is 0 Å². The first-order chi connectivity index (χ1) is 18.1. The fraction of sp³-hybridized carbons (Fsp3) is 0.310. The Morgan fingerprint density at radius 1 is 1.03 bits per heavy atom. The number of carbonyl (C=O) groups is 2. The van der Waals surface area contributed by atoms with Crippen LogP contribution in [0.2, 0.25) is 0 Å². The van der Waals surface area contributed by atoms with Gasteiger partial charge in [0.05, 0.1) is 10.6 Å². The third-order valence-corrected chi connectivity index (χ3v) is 7.72. The Labute approximate surface area is 221 Å². The minimum absolute atomic E-state index is 0.301. The lowest BCUT2D eigenvalue weighted by atomic mass is 9.90. The average Bonchev–Trinajstić information content (AvgIpc) is 3.24. The molecular formula is C29H31N5O2S. The van der Waals surface area contributed by atoms with E-state index in [1.54, 1.807) is 18.3 Å². The first-order valence-electron chi connectivity index (χ1n) is 12.8. The number of imide groups is 1. The van der Waals surface area contributed by atoms with Crippen molar-refractivity contribution < 1.29 is 9.59 Å². The van der Waals surface area contributed by atoms with Crippen molar-refractivity contribution in [2.75, 3.05) is 5.32 Å². The van der Waals surface area contributed by atoms with Crippen molar-refractivity contribution in [1.29, 1.82) is 0 Å². The Bertz CT molecular complexity index is 1300. The number of nitrogens with zero attached hydrogens (tertiary/aromatic N) is 2. The van der Waals surface area contributed by atoms with Crippen LogP contribution in [-0.4, -0.2) is 33.2 Å². The summed E-state index contributed by atoms with van der Waals surface area (Å²) in [5.41, 5.74) is 5.87. The van der Waals surface area contributed by atoms with Crippen LogP contribution in [0, 0.1) is 0 Å². The van der Waals surface area contributed by atoms with E-state index in [1.165, 1.54) is 22.3 Å². The van der Waals surface area contributed by atoms with Gasteiger partial charge in [-0.1, -0.05) is 55.5 Å². The fourth-order valence-corrected chi connectivity index (χ4v) is 5.51. The minimum Gasteiger partial charge on any atom is -0.351 e. The van der Waals surface area contributed by atoms with Gasteiger partial charge in [0.15, 0.2) is 0 Å². The third kappa shape index (κ3) is 6.45. The van der Waals surface area contributed by atoms with Crippen LogP contribution in [0.4, 0.5) is 10.7 Å². The van der Waals surface area contributed by atoms with Gasteiger partial charge in [0.25, 0.3) is 11.1 Å². The zero-order valence-electron chi connectivity index (χ0n) is 20.9. The van der Waals surface area contributed by atoms with E-state index in [1.807, 2.05) is 0 Å². The number of hydrogen-bond acceptors (Lipinski definition) is 7. The maximum absolute atomic E-state index is 11.8. The van der Waals surface area contributed by atoms with Crippen molar-refractivity contribution in [2.24, 2.45) is 0 Å². The predicted molar refractivity (Wildman–Crippen MR) is 149 cm³/mol. The lowest BCUT2D eigenvalue weighted by Gasteiger charge is -2.30. The molecule has 2 heterocycles. The molecule has 0 spiro atoms. The molecule has 190 valence electrons. The molecule has 7 nitrogen and oxygen atoms in total. The van der Waals surface area contributed by atoms with E-state index in [0.717, 1.165) is 50.4 Å². The van der Waals surface area contributed by atoms with E-state index in [2.05, 4.69) is 81.4 Å². The molecule has 2 fully saturated rings. The molecule has 0 unspecified atom stereocenters. The molecule has 0 bridgehead atoms. The predicted octanol–water partition coefficient (Wildman–Crippen LogP) is 5.54. The standard InChI is InChI=1S/C29H31N5O2S/c1-2-19-8-9-21(25(16-19)20-6-4-3-5-7-20)18-31-22-10-12-23(13-11-22)32-28-30-15-14-24(33-28)17-26-27(35)34-29(36)37-26/h3-9,14-17,22-23,31H,2,10-13,18H2,1H3,(H,30,32,33)(H,34,35,36)/b26-17-/t22-,23-. The van der Waals surface area contributed by atoms with Crippen LogP contribution in [-0.2, 0) is 17.8 Å².